The summed E-state index contributed by atoms with van der Waals surface area (Å²) in [6.07, 6.45) is -0.0157. The maximum atomic E-state index is 13.4. The van der Waals surface area contributed by atoms with Crippen molar-refractivity contribution < 1.29 is 23.4 Å². The Morgan fingerprint density at radius 1 is 1.03 bits per heavy atom. The third-order valence-electron chi connectivity index (χ3n) is 6.36. The molecule has 8 nitrogen and oxygen atoms in total. The number of hydrogen-bond acceptors (Lipinski definition) is 6. The molecule has 1 unspecified atom stereocenters. The molecule has 3 aromatic rings. The highest BCUT2D eigenvalue weighted by molar-refractivity contribution is 6.31. The Kier molecular flexibility index (Phi) is 9.04. The Morgan fingerprint density at radius 3 is 2.42 bits per heavy atom. The summed E-state index contributed by atoms with van der Waals surface area (Å²) >= 11 is 5.80. The van der Waals surface area contributed by atoms with E-state index < -0.39 is 11.8 Å². The fourth-order valence-electron chi connectivity index (χ4n) is 4.49. The van der Waals surface area contributed by atoms with Gasteiger partial charge in [0.2, 0.25) is 0 Å². The fraction of sp³-hybridized carbons (Fsp3) is 0.296. The van der Waals surface area contributed by atoms with E-state index in [-0.39, 0.29) is 23.5 Å². The van der Waals surface area contributed by atoms with Gasteiger partial charge in [-0.05, 0) is 48.5 Å². The van der Waals surface area contributed by atoms with Crippen LogP contribution in [0.15, 0.2) is 60.7 Å². The highest BCUT2D eigenvalue weighted by Gasteiger charge is 2.26. The van der Waals surface area contributed by atoms with Crippen LogP contribution in [0.2, 0.25) is 5.02 Å². The number of halogens is 3. The van der Waals surface area contributed by atoms with Gasteiger partial charge in [0, 0.05) is 44.1 Å². The van der Waals surface area contributed by atoms with Gasteiger partial charge < -0.3 is 29.7 Å². The number of benzene rings is 3. The van der Waals surface area contributed by atoms with E-state index in [0.29, 0.717) is 18.0 Å². The van der Waals surface area contributed by atoms with Gasteiger partial charge in [-0.3, -0.25) is 4.90 Å². The summed E-state index contributed by atoms with van der Waals surface area (Å²) in [5, 5.41) is 5.42. The maximum Gasteiger partial charge on any atom is 0.323 e. The summed E-state index contributed by atoms with van der Waals surface area (Å²) < 4.78 is 30.9. The molecule has 0 saturated carbocycles. The van der Waals surface area contributed by atoms with Crippen molar-refractivity contribution in [3.8, 4) is 17.2 Å². The molecule has 2 amide bonds. The molecule has 11 heteroatoms. The normalized spacial score (nSPS) is 16.8. The van der Waals surface area contributed by atoms with Gasteiger partial charge in [-0.2, -0.15) is 0 Å². The number of nitrogens with one attached hydrogen (secondary N) is 2. The Labute approximate surface area is 232 Å². The third kappa shape index (κ3) is 6.53. The first-order valence-corrected chi connectivity index (χ1v) is 12.4. The Balaban J connectivity index is 0.00000336. The molecule has 38 heavy (non-hydrogen) atoms. The van der Waals surface area contributed by atoms with Crippen molar-refractivity contribution in [1.82, 2.24) is 4.90 Å². The molecule has 0 aromatic heterocycles. The van der Waals surface area contributed by atoms with Crippen molar-refractivity contribution in [3.05, 3.63) is 71.5 Å². The van der Waals surface area contributed by atoms with E-state index in [2.05, 4.69) is 20.4 Å². The van der Waals surface area contributed by atoms with E-state index in [4.69, 9.17) is 25.8 Å². The number of nitrogens with zero attached hydrogens (tertiary/aromatic N) is 2. The van der Waals surface area contributed by atoms with E-state index in [1.54, 1.807) is 13.2 Å². The van der Waals surface area contributed by atoms with Crippen LogP contribution in [0.5, 0.6) is 17.2 Å². The lowest BCUT2D eigenvalue weighted by molar-refractivity contribution is 0.0571. The average Bonchev–Trinajstić information content (AvgIpc) is 2.91. The molecule has 3 aromatic carbocycles. The first-order valence-electron chi connectivity index (χ1n) is 12.1. The molecule has 1 fully saturated rings. The highest BCUT2D eigenvalue weighted by Crippen LogP contribution is 2.33. The van der Waals surface area contributed by atoms with Gasteiger partial charge in [0.05, 0.1) is 17.8 Å². The van der Waals surface area contributed by atoms with Gasteiger partial charge in [0.25, 0.3) is 0 Å². The molecule has 1 saturated heterocycles. The van der Waals surface area contributed by atoms with Gasteiger partial charge >= 0.3 is 6.03 Å². The molecule has 0 bridgehead atoms. The molecular weight excluding hydrogens is 534 g/mol. The Bertz CT molecular complexity index is 1270. The van der Waals surface area contributed by atoms with Crippen LogP contribution in [0, 0.1) is 5.82 Å². The third-order valence-corrected chi connectivity index (χ3v) is 6.65. The predicted octanol–water partition coefficient (Wildman–Crippen LogP) is 5.52. The van der Waals surface area contributed by atoms with Gasteiger partial charge in [-0.15, -0.1) is 12.4 Å². The largest absolute Gasteiger partial charge is 0.495 e. The monoisotopic (exact) mass is 562 g/mol. The number of rotatable bonds is 6. The average molecular weight is 563 g/mol. The van der Waals surface area contributed by atoms with Crippen molar-refractivity contribution in [2.24, 2.45) is 0 Å². The van der Waals surface area contributed by atoms with Crippen molar-refractivity contribution in [1.29, 1.82) is 0 Å². The second kappa shape index (κ2) is 12.4. The molecule has 0 spiro atoms. The molecule has 202 valence electrons. The number of hydrogen-bond donors (Lipinski definition) is 2. The first-order chi connectivity index (χ1) is 18.0. The zero-order valence-electron chi connectivity index (χ0n) is 20.8. The van der Waals surface area contributed by atoms with E-state index in [0.717, 1.165) is 55.7 Å². The second-order valence-corrected chi connectivity index (χ2v) is 9.29. The number of ether oxygens (including phenoxy) is 3. The zero-order valence-corrected chi connectivity index (χ0v) is 22.4. The number of piperazine rings is 1. The van der Waals surface area contributed by atoms with Gasteiger partial charge in [0.15, 0.2) is 11.5 Å². The van der Waals surface area contributed by atoms with Crippen molar-refractivity contribution >= 4 is 47.1 Å². The summed E-state index contributed by atoms with van der Waals surface area (Å²) in [5.74, 6) is 1.76. The van der Waals surface area contributed by atoms with Crippen LogP contribution in [0.25, 0.3) is 0 Å². The maximum absolute atomic E-state index is 13.4. The molecular formula is C27H29Cl2FN4O4. The summed E-state index contributed by atoms with van der Waals surface area (Å²) in [7, 11) is 1.63. The Hall–Kier alpha value is -3.40. The number of methoxy groups -OCH3 is 1. The van der Waals surface area contributed by atoms with Crippen LogP contribution in [-0.4, -0.2) is 63.5 Å². The van der Waals surface area contributed by atoms with Crippen molar-refractivity contribution in [2.75, 3.05) is 62.0 Å². The van der Waals surface area contributed by atoms with Crippen LogP contribution in [0.4, 0.5) is 26.2 Å². The van der Waals surface area contributed by atoms with Gasteiger partial charge in [0.1, 0.15) is 24.3 Å². The molecule has 0 aliphatic carbocycles. The predicted molar refractivity (Wildman–Crippen MR) is 149 cm³/mol. The fourth-order valence-corrected chi connectivity index (χ4v) is 4.68. The molecule has 2 N–H and O–H groups in total. The lowest BCUT2D eigenvalue weighted by Crippen LogP contribution is -2.50. The lowest BCUT2D eigenvalue weighted by atomic mass is 10.2. The first kappa shape index (κ1) is 27.6. The molecule has 5 rings (SSSR count). The summed E-state index contributed by atoms with van der Waals surface area (Å²) in [6.45, 7) is 4.62. The molecule has 2 heterocycles. The van der Waals surface area contributed by atoms with Crippen molar-refractivity contribution in [2.45, 2.75) is 6.10 Å². The number of carbonyl (C=O) groups is 1. The number of fused-ring (bicyclic) bond motifs is 1. The standard InChI is InChI=1S/C27H28ClFN4O4.ClH/c1-35-24-9-7-19(31-27(34)30-18-6-8-22(29)21(28)14-18)15-23(24)33-12-10-32(11-13-33)16-20-17-36-25-4-2-3-5-26(25)37-20;/h2-9,14-15,20H,10-13,16-17H2,1H3,(H2,30,31,34);1H. The number of para-hydroxylation sites is 2. The summed E-state index contributed by atoms with van der Waals surface area (Å²) in [4.78, 5) is 17.1. The minimum atomic E-state index is -0.544. The van der Waals surface area contributed by atoms with Crippen LogP contribution >= 0.6 is 24.0 Å². The van der Waals surface area contributed by atoms with E-state index >= 15 is 0 Å². The van der Waals surface area contributed by atoms with Crippen LogP contribution in [-0.2, 0) is 0 Å². The summed E-state index contributed by atoms with van der Waals surface area (Å²) in [6, 6.07) is 16.8. The van der Waals surface area contributed by atoms with E-state index in [9.17, 15) is 9.18 Å². The molecule has 0 radical (unpaired) electrons. The van der Waals surface area contributed by atoms with E-state index in [1.807, 2.05) is 36.4 Å². The number of amides is 2. The van der Waals surface area contributed by atoms with Crippen LogP contribution < -0.4 is 29.7 Å². The SMILES string of the molecule is COc1ccc(NC(=O)Nc2ccc(F)c(Cl)c2)cc1N1CCN(CC2COc3ccccc3O2)CC1.Cl. The lowest BCUT2D eigenvalue weighted by Gasteiger charge is -2.38. The second-order valence-electron chi connectivity index (χ2n) is 8.88. The number of carbonyl (C=O) groups excluding carboxylic acids is 1. The minimum Gasteiger partial charge on any atom is -0.495 e. The smallest absolute Gasteiger partial charge is 0.323 e. The van der Waals surface area contributed by atoms with E-state index in [1.165, 1.54) is 18.2 Å². The molecule has 1 atom stereocenters. The Morgan fingerprint density at radius 2 is 1.71 bits per heavy atom. The zero-order chi connectivity index (χ0) is 25.8. The van der Waals surface area contributed by atoms with Crippen LogP contribution in [0.3, 0.4) is 0 Å². The van der Waals surface area contributed by atoms with Gasteiger partial charge in [-0.25, -0.2) is 9.18 Å². The van der Waals surface area contributed by atoms with Crippen LogP contribution in [0.1, 0.15) is 0 Å². The topological polar surface area (TPSA) is 75.3 Å². The summed E-state index contributed by atoms with van der Waals surface area (Å²) in [5.41, 5.74) is 1.90. The van der Waals surface area contributed by atoms with Gasteiger partial charge in [-0.1, -0.05) is 23.7 Å². The molecule has 2 aliphatic heterocycles. The highest BCUT2D eigenvalue weighted by atomic mass is 35.5. The van der Waals surface area contributed by atoms with Crippen molar-refractivity contribution in [3.63, 3.8) is 0 Å². The molecule has 2 aliphatic rings. The minimum absolute atomic E-state index is 0. The number of urea groups is 1. The quantitative estimate of drug-likeness (QED) is 0.412. The number of anilines is 3.